The van der Waals surface area contributed by atoms with E-state index < -0.39 is 11.9 Å². The predicted molar refractivity (Wildman–Crippen MR) is 87.8 cm³/mol. The molecule has 1 N–H and O–H groups in total. The number of esters is 1. The molecule has 0 spiro atoms. The normalized spacial score (nSPS) is 15.5. The van der Waals surface area contributed by atoms with Crippen molar-refractivity contribution in [3.05, 3.63) is 47.4 Å². The Hall–Kier alpha value is -2.96. The Morgan fingerprint density at radius 2 is 2.00 bits per heavy atom. The Morgan fingerprint density at radius 1 is 1.24 bits per heavy atom. The summed E-state index contributed by atoms with van der Waals surface area (Å²) in [7, 11) is 0. The van der Waals surface area contributed by atoms with Crippen LogP contribution in [0.2, 0.25) is 0 Å². The van der Waals surface area contributed by atoms with E-state index in [0.29, 0.717) is 35.2 Å². The molecule has 1 aromatic heterocycles. The smallest absolute Gasteiger partial charge is 0.342 e. The Kier molecular flexibility index (Phi) is 4.92. The van der Waals surface area contributed by atoms with Crippen LogP contribution >= 0.6 is 0 Å². The van der Waals surface area contributed by atoms with E-state index in [1.165, 1.54) is 0 Å². The summed E-state index contributed by atoms with van der Waals surface area (Å²) in [5, 5.41) is 2.67. The Balaban J connectivity index is 1.43. The fourth-order valence-electron chi connectivity index (χ4n) is 2.48. The molecule has 7 nitrogen and oxygen atoms in total. The molecular formula is C18H19NO6. The summed E-state index contributed by atoms with van der Waals surface area (Å²) in [6.07, 6.45) is -0.298. The van der Waals surface area contributed by atoms with Gasteiger partial charge in [-0.05, 0) is 32.0 Å². The van der Waals surface area contributed by atoms with Crippen molar-refractivity contribution < 1.29 is 28.2 Å². The fourth-order valence-corrected chi connectivity index (χ4v) is 2.48. The zero-order chi connectivity index (χ0) is 17.8. The van der Waals surface area contributed by atoms with Crippen LogP contribution in [-0.2, 0) is 9.53 Å². The first kappa shape index (κ1) is 16.9. The summed E-state index contributed by atoms with van der Waals surface area (Å²) in [4.78, 5) is 23.8. The van der Waals surface area contributed by atoms with Crippen LogP contribution in [0.15, 0.2) is 34.7 Å². The van der Waals surface area contributed by atoms with Crippen molar-refractivity contribution in [3.8, 4) is 11.5 Å². The van der Waals surface area contributed by atoms with Crippen molar-refractivity contribution in [2.45, 2.75) is 20.0 Å². The van der Waals surface area contributed by atoms with Gasteiger partial charge in [0.25, 0.3) is 5.91 Å². The molecule has 0 saturated carbocycles. The van der Waals surface area contributed by atoms with Crippen LogP contribution in [0.3, 0.4) is 0 Å². The van der Waals surface area contributed by atoms with Gasteiger partial charge in [-0.2, -0.15) is 0 Å². The van der Waals surface area contributed by atoms with Gasteiger partial charge in [0.1, 0.15) is 29.8 Å². The average Bonchev–Trinajstić information content (AvgIpc) is 2.96. The van der Waals surface area contributed by atoms with E-state index in [0.717, 1.165) is 0 Å². The Morgan fingerprint density at radius 3 is 2.72 bits per heavy atom. The molecule has 132 valence electrons. The largest absolute Gasteiger partial charge is 0.486 e. The second-order valence-electron chi connectivity index (χ2n) is 5.70. The zero-order valence-electron chi connectivity index (χ0n) is 14.0. The summed E-state index contributed by atoms with van der Waals surface area (Å²) in [5.41, 5.74) is 0.325. The highest BCUT2D eigenvalue weighted by Gasteiger charge is 2.21. The van der Waals surface area contributed by atoms with Crippen molar-refractivity contribution in [2.75, 3.05) is 19.8 Å². The van der Waals surface area contributed by atoms with E-state index in [9.17, 15) is 9.59 Å². The molecule has 1 atom stereocenters. The molecule has 7 heteroatoms. The first-order valence-corrected chi connectivity index (χ1v) is 7.92. The molecule has 1 amide bonds. The monoisotopic (exact) mass is 345 g/mol. The number of amides is 1. The minimum Gasteiger partial charge on any atom is -0.486 e. The lowest BCUT2D eigenvalue weighted by Crippen LogP contribution is -2.42. The van der Waals surface area contributed by atoms with E-state index in [2.05, 4.69) is 5.32 Å². The molecular weight excluding hydrogens is 326 g/mol. The molecule has 2 aromatic rings. The van der Waals surface area contributed by atoms with Crippen molar-refractivity contribution in [1.82, 2.24) is 5.32 Å². The number of furan rings is 1. The van der Waals surface area contributed by atoms with E-state index >= 15 is 0 Å². The number of carbonyl (C=O) groups is 2. The molecule has 0 radical (unpaired) electrons. The standard InChI is InChI=1S/C18H19NO6/c1-11-7-14(12(2)24-11)18(21)23-10-17(20)19-8-13-9-22-15-5-3-4-6-16(15)25-13/h3-7,13H,8-10H2,1-2H3,(H,19,20). The van der Waals surface area contributed by atoms with E-state index in [4.69, 9.17) is 18.6 Å². The topological polar surface area (TPSA) is 87.0 Å². The highest BCUT2D eigenvalue weighted by molar-refractivity contribution is 5.92. The van der Waals surface area contributed by atoms with Crippen LogP contribution in [-0.4, -0.2) is 37.7 Å². The van der Waals surface area contributed by atoms with E-state index in [-0.39, 0.29) is 19.3 Å². The Bertz CT molecular complexity index is 782. The van der Waals surface area contributed by atoms with Crippen LogP contribution < -0.4 is 14.8 Å². The molecule has 1 unspecified atom stereocenters. The van der Waals surface area contributed by atoms with Gasteiger partial charge < -0.3 is 23.9 Å². The summed E-state index contributed by atoms with van der Waals surface area (Å²) >= 11 is 0. The lowest BCUT2D eigenvalue weighted by molar-refractivity contribution is -0.124. The molecule has 0 saturated heterocycles. The number of fused-ring (bicyclic) bond motifs is 1. The van der Waals surface area contributed by atoms with E-state index in [1.54, 1.807) is 26.0 Å². The predicted octanol–water partition coefficient (Wildman–Crippen LogP) is 2.01. The molecule has 0 bridgehead atoms. The van der Waals surface area contributed by atoms with Crippen LogP contribution in [0.25, 0.3) is 0 Å². The molecule has 0 aliphatic carbocycles. The van der Waals surface area contributed by atoms with Crippen LogP contribution in [0.1, 0.15) is 21.9 Å². The number of rotatable bonds is 5. The van der Waals surface area contributed by atoms with Gasteiger partial charge in [-0.15, -0.1) is 0 Å². The molecule has 1 aliphatic heterocycles. The minimum absolute atomic E-state index is 0.258. The lowest BCUT2D eigenvalue weighted by Gasteiger charge is -2.26. The number of para-hydroxylation sites is 2. The first-order chi connectivity index (χ1) is 12.0. The van der Waals surface area contributed by atoms with E-state index in [1.807, 2.05) is 18.2 Å². The number of benzene rings is 1. The molecule has 1 aromatic carbocycles. The second-order valence-corrected chi connectivity index (χ2v) is 5.70. The van der Waals surface area contributed by atoms with Crippen LogP contribution in [0.4, 0.5) is 0 Å². The maximum Gasteiger partial charge on any atom is 0.342 e. The number of hydrogen-bond donors (Lipinski definition) is 1. The number of carbonyl (C=O) groups excluding carboxylic acids is 2. The maximum atomic E-state index is 11.9. The lowest BCUT2D eigenvalue weighted by atomic mass is 10.2. The van der Waals surface area contributed by atoms with Gasteiger partial charge in [-0.1, -0.05) is 12.1 Å². The van der Waals surface area contributed by atoms with Gasteiger partial charge in [-0.3, -0.25) is 4.79 Å². The highest BCUT2D eigenvalue weighted by Crippen LogP contribution is 2.30. The molecule has 3 rings (SSSR count). The third-order valence-corrected chi connectivity index (χ3v) is 3.69. The van der Waals surface area contributed by atoms with Crippen molar-refractivity contribution in [3.63, 3.8) is 0 Å². The Labute approximate surface area is 144 Å². The third-order valence-electron chi connectivity index (χ3n) is 3.69. The summed E-state index contributed by atoms with van der Waals surface area (Å²) in [5.74, 6) is 1.41. The summed E-state index contributed by atoms with van der Waals surface area (Å²) in [6.45, 7) is 3.63. The van der Waals surface area contributed by atoms with Crippen molar-refractivity contribution in [1.29, 1.82) is 0 Å². The average molecular weight is 345 g/mol. The summed E-state index contributed by atoms with van der Waals surface area (Å²) < 4.78 is 21.6. The highest BCUT2D eigenvalue weighted by atomic mass is 16.6. The van der Waals surface area contributed by atoms with Gasteiger partial charge in [0.15, 0.2) is 18.1 Å². The number of hydrogen-bond acceptors (Lipinski definition) is 6. The van der Waals surface area contributed by atoms with Crippen molar-refractivity contribution >= 4 is 11.9 Å². The number of aryl methyl sites for hydroxylation is 2. The van der Waals surface area contributed by atoms with Crippen LogP contribution in [0, 0.1) is 13.8 Å². The number of nitrogens with one attached hydrogen (secondary N) is 1. The third kappa shape index (κ3) is 4.12. The van der Waals surface area contributed by atoms with Gasteiger partial charge in [0, 0.05) is 0 Å². The van der Waals surface area contributed by atoms with Gasteiger partial charge in [0.05, 0.1) is 6.54 Å². The van der Waals surface area contributed by atoms with Gasteiger partial charge in [-0.25, -0.2) is 4.79 Å². The molecule has 1 aliphatic rings. The fraction of sp³-hybridized carbons (Fsp3) is 0.333. The minimum atomic E-state index is -0.587. The zero-order valence-corrected chi connectivity index (χ0v) is 14.0. The van der Waals surface area contributed by atoms with Crippen molar-refractivity contribution in [2.24, 2.45) is 0 Å². The van der Waals surface area contributed by atoms with Gasteiger partial charge >= 0.3 is 5.97 Å². The van der Waals surface area contributed by atoms with Crippen LogP contribution in [0.5, 0.6) is 11.5 Å². The summed E-state index contributed by atoms with van der Waals surface area (Å²) in [6, 6.07) is 8.92. The molecule has 2 heterocycles. The quantitative estimate of drug-likeness (QED) is 0.834. The number of ether oxygens (including phenoxy) is 3. The molecule has 25 heavy (non-hydrogen) atoms. The second kappa shape index (κ2) is 7.29. The SMILES string of the molecule is Cc1cc(C(=O)OCC(=O)NCC2COc3ccccc3O2)c(C)o1. The molecule has 0 fully saturated rings. The maximum absolute atomic E-state index is 11.9. The first-order valence-electron chi connectivity index (χ1n) is 7.92. The van der Waals surface area contributed by atoms with Gasteiger partial charge in [0.2, 0.25) is 0 Å².